The summed E-state index contributed by atoms with van der Waals surface area (Å²) in [5.74, 6) is 1.14. The second-order valence-electron chi connectivity index (χ2n) is 3.94. The van der Waals surface area contributed by atoms with Gasteiger partial charge in [0.1, 0.15) is 0 Å². The Morgan fingerprint density at radius 1 is 1.59 bits per heavy atom. The van der Waals surface area contributed by atoms with Crippen LogP contribution >= 0.6 is 0 Å². The molecule has 2 amide bonds. The van der Waals surface area contributed by atoms with Gasteiger partial charge in [0.15, 0.2) is 5.82 Å². The van der Waals surface area contributed by atoms with Gasteiger partial charge in [-0.05, 0) is 6.42 Å². The number of ether oxygens (including phenoxy) is 1. The highest BCUT2D eigenvalue weighted by Gasteiger charge is 2.17. The predicted octanol–water partition coefficient (Wildman–Crippen LogP) is 0.00862. The molecule has 1 atom stereocenters. The first kappa shape index (κ1) is 11.8. The molecule has 0 radical (unpaired) electrons. The van der Waals surface area contributed by atoms with E-state index in [4.69, 9.17) is 9.26 Å². The monoisotopic (exact) mass is 240 g/mol. The molecular weight excluding hydrogens is 224 g/mol. The Kier molecular flexibility index (Phi) is 3.92. The van der Waals surface area contributed by atoms with Crippen LogP contribution in [0.5, 0.6) is 0 Å². The molecule has 1 aromatic heterocycles. The summed E-state index contributed by atoms with van der Waals surface area (Å²) in [6, 6.07) is -0.0527. The van der Waals surface area contributed by atoms with Gasteiger partial charge >= 0.3 is 6.03 Å². The summed E-state index contributed by atoms with van der Waals surface area (Å²) in [4.78, 5) is 15.5. The van der Waals surface area contributed by atoms with Crippen LogP contribution in [0.15, 0.2) is 4.52 Å². The van der Waals surface area contributed by atoms with Crippen molar-refractivity contribution in [1.29, 1.82) is 0 Å². The number of rotatable bonds is 4. The molecule has 1 saturated heterocycles. The lowest BCUT2D eigenvalue weighted by Gasteiger charge is -2.11. The van der Waals surface area contributed by atoms with Crippen LogP contribution in [0, 0.1) is 6.92 Å². The number of nitrogens with one attached hydrogen (secondary N) is 2. The van der Waals surface area contributed by atoms with Gasteiger partial charge in [-0.2, -0.15) is 4.98 Å². The minimum absolute atomic E-state index is 0.127. The van der Waals surface area contributed by atoms with Gasteiger partial charge < -0.3 is 19.9 Å². The van der Waals surface area contributed by atoms with E-state index in [1.807, 2.05) is 0 Å². The molecule has 2 rings (SSSR count). The van der Waals surface area contributed by atoms with Crippen LogP contribution in [0.25, 0.3) is 0 Å². The van der Waals surface area contributed by atoms with Crippen LogP contribution < -0.4 is 10.6 Å². The molecule has 17 heavy (non-hydrogen) atoms. The molecule has 1 aliphatic heterocycles. The maximum Gasteiger partial charge on any atom is 0.315 e. The number of aryl methyl sites for hydroxylation is 1. The average molecular weight is 240 g/mol. The minimum Gasteiger partial charge on any atom is -0.379 e. The molecule has 0 spiro atoms. The number of nitrogens with zero attached hydrogens (tertiary/aromatic N) is 2. The number of hydrogen-bond acceptors (Lipinski definition) is 5. The van der Waals surface area contributed by atoms with E-state index < -0.39 is 0 Å². The fourth-order valence-corrected chi connectivity index (χ4v) is 1.62. The second kappa shape index (κ2) is 5.62. The van der Waals surface area contributed by atoms with Gasteiger partial charge in [0.05, 0.1) is 12.6 Å². The fraction of sp³-hybridized carbons (Fsp3) is 0.700. The Labute approximate surface area is 98.9 Å². The van der Waals surface area contributed by atoms with Gasteiger partial charge in [-0.3, -0.25) is 0 Å². The van der Waals surface area contributed by atoms with Crippen LogP contribution in [0.2, 0.25) is 0 Å². The summed E-state index contributed by atoms with van der Waals surface area (Å²) in [7, 11) is 0. The van der Waals surface area contributed by atoms with Crippen LogP contribution in [0.1, 0.15) is 18.1 Å². The third-order valence-electron chi connectivity index (χ3n) is 2.47. The van der Waals surface area contributed by atoms with Crippen molar-refractivity contribution in [3.63, 3.8) is 0 Å². The van der Waals surface area contributed by atoms with E-state index in [9.17, 15) is 4.79 Å². The molecule has 94 valence electrons. The third kappa shape index (κ3) is 3.70. The zero-order valence-electron chi connectivity index (χ0n) is 9.73. The maximum absolute atomic E-state index is 11.5. The summed E-state index contributed by atoms with van der Waals surface area (Å²) in [6.45, 7) is 3.53. The fourth-order valence-electron chi connectivity index (χ4n) is 1.62. The van der Waals surface area contributed by atoms with Crippen molar-refractivity contribution in [2.75, 3.05) is 19.8 Å². The molecule has 1 unspecified atom stereocenters. The molecule has 0 aromatic carbocycles. The largest absolute Gasteiger partial charge is 0.379 e. The lowest BCUT2D eigenvalue weighted by atomic mass is 10.3. The van der Waals surface area contributed by atoms with Gasteiger partial charge in [0, 0.05) is 26.5 Å². The molecule has 0 aliphatic carbocycles. The van der Waals surface area contributed by atoms with Crippen LogP contribution in [0.4, 0.5) is 4.79 Å². The summed E-state index contributed by atoms with van der Waals surface area (Å²) >= 11 is 0. The highest BCUT2D eigenvalue weighted by molar-refractivity contribution is 5.74. The lowest BCUT2D eigenvalue weighted by molar-refractivity contribution is 0.188. The molecule has 2 N–H and O–H groups in total. The van der Waals surface area contributed by atoms with Crippen molar-refractivity contribution in [1.82, 2.24) is 20.8 Å². The van der Waals surface area contributed by atoms with Gasteiger partial charge in [-0.25, -0.2) is 4.79 Å². The molecule has 1 fully saturated rings. The van der Waals surface area contributed by atoms with Crippen molar-refractivity contribution in [2.45, 2.75) is 25.8 Å². The minimum atomic E-state index is -0.180. The quantitative estimate of drug-likeness (QED) is 0.773. The lowest BCUT2D eigenvalue weighted by Crippen LogP contribution is -2.43. The summed E-state index contributed by atoms with van der Waals surface area (Å²) in [5, 5.41) is 9.31. The van der Waals surface area contributed by atoms with E-state index in [1.54, 1.807) is 6.92 Å². The highest BCUT2D eigenvalue weighted by Crippen LogP contribution is 2.02. The van der Waals surface area contributed by atoms with Crippen molar-refractivity contribution >= 4 is 6.03 Å². The Bertz CT molecular complexity index is 373. The van der Waals surface area contributed by atoms with E-state index in [0.29, 0.717) is 37.9 Å². The molecule has 1 aromatic rings. The smallest absolute Gasteiger partial charge is 0.315 e. The molecule has 0 saturated carbocycles. The van der Waals surface area contributed by atoms with E-state index in [2.05, 4.69) is 20.8 Å². The van der Waals surface area contributed by atoms with Crippen molar-refractivity contribution < 1.29 is 14.1 Å². The van der Waals surface area contributed by atoms with E-state index in [-0.39, 0.29) is 12.1 Å². The average Bonchev–Trinajstić information content (AvgIpc) is 2.90. The van der Waals surface area contributed by atoms with E-state index in [1.165, 1.54) is 0 Å². The third-order valence-corrected chi connectivity index (χ3v) is 2.47. The number of aromatic nitrogens is 2. The number of hydrogen-bond donors (Lipinski definition) is 2. The first-order chi connectivity index (χ1) is 8.24. The Balaban J connectivity index is 1.62. The van der Waals surface area contributed by atoms with Gasteiger partial charge in [0.25, 0.3) is 0 Å². The van der Waals surface area contributed by atoms with Crippen LogP contribution in [0.3, 0.4) is 0 Å². The standard InChI is InChI=1S/C10H16N4O3/c1-7-12-9(14-17-7)2-4-11-10(15)13-8-3-5-16-6-8/h8H,2-6H2,1H3,(H2,11,13,15). The van der Waals surface area contributed by atoms with E-state index >= 15 is 0 Å². The predicted molar refractivity (Wildman–Crippen MR) is 58.5 cm³/mol. The van der Waals surface area contributed by atoms with E-state index in [0.717, 1.165) is 6.42 Å². The molecule has 7 nitrogen and oxygen atoms in total. The van der Waals surface area contributed by atoms with Crippen LogP contribution in [-0.4, -0.2) is 42.0 Å². The van der Waals surface area contributed by atoms with Crippen molar-refractivity contribution in [3.8, 4) is 0 Å². The van der Waals surface area contributed by atoms with Gasteiger partial charge in [-0.1, -0.05) is 5.16 Å². The summed E-state index contributed by atoms with van der Waals surface area (Å²) in [5.41, 5.74) is 0. The SMILES string of the molecule is Cc1nc(CCNC(=O)NC2CCOC2)no1. The first-order valence-electron chi connectivity index (χ1n) is 5.65. The van der Waals surface area contributed by atoms with Crippen molar-refractivity contribution in [3.05, 3.63) is 11.7 Å². The molecular formula is C10H16N4O3. The molecule has 1 aliphatic rings. The highest BCUT2D eigenvalue weighted by atomic mass is 16.5. The molecule has 7 heteroatoms. The number of amides is 2. The maximum atomic E-state index is 11.5. The Morgan fingerprint density at radius 3 is 3.12 bits per heavy atom. The topological polar surface area (TPSA) is 89.3 Å². The van der Waals surface area contributed by atoms with Gasteiger partial charge in [0.2, 0.25) is 5.89 Å². The first-order valence-corrected chi connectivity index (χ1v) is 5.65. The Morgan fingerprint density at radius 2 is 2.47 bits per heavy atom. The van der Waals surface area contributed by atoms with Crippen molar-refractivity contribution in [2.24, 2.45) is 0 Å². The van der Waals surface area contributed by atoms with Gasteiger partial charge in [-0.15, -0.1) is 0 Å². The van der Waals surface area contributed by atoms with Crippen LogP contribution in [-0.2, 0) is 11.2 Å². The summed E-state index contributed by atoms with van der Waals surface area (Å²) < 4.78 is 9.98. The molecule has 0 bridgehead atoms. The number of carbonyl (C=O) groups excluding carboxylic acids is 1. The summed E-state index contributed by atoms with van der Waals surface area (Å²) in [6.07, 6.45) is 1.43. The second-order valence-corrected chi connectivity index (χ2v) is 3.94. The molecule has 2 heterocycles. The number of carbonyl (C=O) groups is 1. The zero-order chi connectivity index (χ0) is 12.1. The number of urea groups is 1. The Hall–Kier alpha value is -1.63. The zero-order valence-corrected chi connectivity index (χ0v) is 9.73. The normalized spacial score (nSPS) is 19.2.